The number of hydrogen-bond acceptors (Lipinski definition) is 5. The van der Waals surface area contributed by atoms with Crippen molar-refractivity contribution in [3.63, 3.8) is 0 Å². The predicted molar refractivity (Wildman–Crippen MR) is 125 cm³/mol. The molecule has 7 nitrogen and oxygen atoms in total. The van der Waals surface area contributed by atoms with Gasteiger partial charge in [0, 0.05) is 43.5 Å². The van der Waals surface area contributed by atoms with E-state index in [2.05, 4.69) is 19.9 Å². The van der Waals surface area contributed by atoms with Gasteiger partial charge in [-0.3, -0.25) is 9.36 Å². The van der Waals surface area contributed by atoms with Crippen LogP contribution in [0.5, 0.6) is 0 Å². The Kier molecular flexibility index (Phi) is 5.09. The molecule has 0 unspecified atom stereocenters. The fourth-order valence-electron chi connectivity index (χ4n) is 4.27. The van der Waals surface area contributed by atoms with Crippen LogP contribution in [0.2, 0.25) is 0 Å². The van der Waals surface area contributed by atoms with Gasteiger partial charge >= 0.3 is 0 Å². The van der Waals surface area contributed by atoms with E-state index in [9.17, 15) is 4.79 Å². The predicted octanol–water partition coefficient (Wildman–Crippen LogP) is 3.70. The molecule has 0 atom stereocenters. The Morgan fingerprint density at radius 2 is 1.59 bits per heavy atom. The van der Waals surface area contributed by atoms with Gasteiger partial charge < -0.3 is 9.80 Å². The average molecular weight is 427 g/mol. The number of nitrogens with zero attached hydrogens (tertiary/aromatic N) is 6. The normalized spacial score (nSPS) is 14.2. The zero-order valence-corrected chi connectivity index (χ0v) is 18.6. The molecule has 7 heteroatoms. The van der Waals surface area contributed by atoms with Crippen molar-refractivity contribution in [3.8, 4) is 5.82 Å². The molecule has 0 radical (unpaired) electrons. The maximum absolute atomic E-state index is 13.3. The van der Waals surface area contributed by atoms with E-state index >= 15 is 0 Å². The molecule has 1 saturated heterocycles. The number of imidazole rings is 1. The van der Waals surface area contributed by atoms with Gasteiger partial charge in [0.25, 0.3) is 5.91 Å². The van der Waals surface area contributed by atoms with Crippen LogP contribution in [0, 0.1) is 20.8 Å². The van der Waals surface area contributed by atoms with E-state index in [1.807, 2.05) is 78.8 Å². The minimum absolute atomic E-state index is 0.0884. The maximum Gasteiger partial charge on any atom is 0.254 e. The highest BCUT2D eigenvalue weighted by atomic mass is 16.2. The second-order valence-corrected chi connectivity index (χ2v) is 8.22. The highest BCUT2D eigenvalue weighted by Crippen LogP contribution is 2.23. The van der Waals surface area contributed by atoms with Gasteiger partial charge in [-0.1, -0.05) is 36.4 Å². The molecule has 5 rings (SSSR count). The maximum atomic E-state index is 13.3. The summed E-state index contributed by atoms with van der Waals surface area (Å²) in [7, 11) is 0. The molecule has 4 aromatic rings. The zero-order chi connectivity index (χ0) is 22.2. The first-order valence-corrected chi connectivity index (χ1v) is 10.9. The van der Waals surface area contributed by atoms with E-state index in [4.69, 9.17) is 0 Å². The van der Waals surface area contributed by atoms with Gasteiger partial charge in [-0.2, -0.15) is 0 Å². The van der Waals surface area contributed by atoms with Crippen LogP contribution < -0.4 is 4.90 Å². The van der Waals surface area contributed by atoms with Crippen molar-refractivity contribution in [3.05, 3.63) is 77.6 Å². The monoisotopic (exact) mass is 426 g/mol. The molecule has 1 amide bonds. The van der Waals surface area contributed by atoms with Gasteiger partial charge in [0.15, 0.2) is 0 Å². The summed E-state index contributed by atoms with van der Waals surface area (Å²) >= 11 is 0. The summed E-state index contributed by atoms with van der Waals surface area (Å²) in [6.45, 7) is 8.71. The van der Waals surface area contributed by atoms with Gasteiger partial charge in [-0.05, 0) is 37.6 Å². The number of carbonyl (C=O) groups excluding carboxylic acids is 1. The molecule has 0 bridgehead atoms. The number of anilines is 1. The Bertz CT molecular complexity index is 1300. The quantitative estimate of drug-likeness (QED) is 0.500. The number of piperazine rings is 1. The van der Waals surface area contributed by atoms with Crippen LogP contribution in [-0.4, -0.2) is 56.5 Å². The molecule has 0 spiro atoms. The lowest BCUT2D eigenvalue weighted by Crippen LogP contribution is -2.49. The number of amides is 1. The SMILES string of the molecule is Cc1nc(N2CCN(C(=O)c3cccc4ccccc34)CC2)cc(-n2cnc(C)c2C)n1. The molecule has 0 N–H and O–H groups in total. The lowest BCUT2D eigenvalue weighted by molar-refractivity contribution is 0.0748. The van der Waals surface area contributed by atoms with Crippen LogP contribution in [0.4, 0.5) is 5.82 Å². The third-order valence-electron chi connectivity index (χ3n) is 6.22. The third-order valence-corrected chi connectivity index (χ3v) is 6.22. The molecule has 0 aliphatic carbocycles. The second kappa shape index (κ2) is 8.07. The minimum Gasteiger partial charge on any atom is -0.353 e. The number of fused-ring (bicyclic) bond motifs is 1. The molecule has 162 valence electrons. The van der Waals surface area contributed by atoms with Gasteiger partial charge in [0.1, 0.15) is 23.8 Å². The van der Waals surface area contributed by atoms with Gasteiger partial charge in [0.2, 0.25) is 0 Å². The van der Waals surface area contributed by atoms with E-state index in [1.165, 1.54) is 0 Å². The minimum atomic E-state index is 0.0884. The van der Waals surface area contributed by atoms with E-state index in [0.717, 1.165) is 58.3 Å². The molecule has 1 fully saturated rings. The van der Waals surface area contributed by atoms with Crippen molar-refractivity contribution in [2.24, 2.45) is 0 Å². The Morgan fingerprint density at radius 3 is 2.34 bits per heavy atom. The first-order chi connectivity index (χ1) is 15.5. The van der Waals surface area contributed by atoms with Crippen LogP contribution in [-0.2, 0) is 0 Å². The topological polar surface area (TPSA) is 67.2 Å². The number of hydrogen-bond donors (Lipinski definition) is 0. The first kappa shape index (κ1) is 20.2. The summed E-state index contributed by atoms with van der Waals surface area (Å²) in [5.74, 6) is 2.51. The molecule has 3 heterocycles. The van der Waals surface area contributed by atoms with Gasteiger partial charge in [-0.25, -0.2) is 15.0 Å². The third kappa shape index (κ3) is 3.60. The number of carbonyl (C=O) groups is 1. The average Bonchev–Trinajstić information content (AvgIpc) is 3.16. The van der Waals surface area contributed by atoms with Crippen LogP contribution in [0.1, 0.15) is 27.6 Å². The van der Waals surface area contributed by atoms with Crippen LogP contribution in [0.15, 0.2) is 54.9 Å². The fourth-order valence-corrected chi connectivity index (χ4v) is 4.27. The van der Waals surface area contributed by atoms with E-state index < -0.39 is 0 Å². The lowest BCUT2D eigenvalue weighted by atomic mass is 10.0. The van der Waals surface area contributed by atoms with Gasteiger partial charge in [0.05, 0.1) is 5.69 Å². The Morgan fingerprint density at radius 1 is 0.875 bits per heavy atom. The van der Waals surface area contributed by atoms with Crippen molar-refractivity contribution >= 4 is 22.5 Å². The van der Waals surface area contributed by atoms with Crippen LogP contribution >= 0.6 is 0 Å². The summed E-state index contributed by atoms with van der Waals surface area (Å²) in [6.07, 6.45) is 1.80. The Balaban J connectivity index is 1.35. The first-order valence-electron chi connectivity index (χ1n) is 10.9. The van der Waals surface area contributed by atoms with Crippen molar-refractivity contribution in [1.82, 2.24) is 24.4 Å². The van der Waals surface area contributed by atoms with Crippen molar-refractivity contribution in [2.75, 3.05) is 31.1 Å². The highest BCUT2D eigenvalue weighted by Gasteiger charge is 2.24. The fraction of sp³-hybridized carbons (Fsp3) is 0.280. The Labute approximate surface area is 187 Å². The molecule has 2 aromatic carbocycles. The van der Waals surface area contributed by atoms with Crippen LogP contribution in [0.25, 0.3) is 16.6 Å². The molecule has 1 aliphatic rings. The van der Waals surface area contributed by atoms with Crippen LogP contribution in [0.3, 0.4) is 0 Å². The number of rotatable bonds is 3. The van der Waals surface area contributed by atoms with Gasteiger partial charge in [-0.15, -0.1) is 0 Å². The largest absolute Gasteiger partial charge is 0.353 e. The van der Waals surface area contributed by atoms with E-state index in [1.54, 1.807) is 6.33 Å². The summed E-state index contributed by atoms with van der Waals surface area (Å²) < 4.78 is 1.99. The summed E-state index contributed by atoms with van der Waals surface area (Å²) in [4.78, 5) is 31.1. The molecule has 32 heavy (non-hydrogen) atoms. The molecule has 0 saturated carbocycles. The van der Waals surface area contributed by atoms with Crippen molar-refractivity contribution in [2.45, 2.75) is 20.8 Å². The van der Waals surface area contributed by atoms with Crippen molar-refractivity contribution < 1.29 is 4.79 Å². The second-order valence-electron chi connectivity index (χ2n) is 8.22. The van der Waals surface area contributed by atoms with Crippen molar-refractivity contribution in [1.29, 1.82) is 0 Å². The molecular formula is C25H26N6O. The Hall–Kier alpha value is -3.74. The smallest absolute Gasteiger partial charge is 0.254 e. The standard InChI is InChI=1S/C25H26N6O/c1-17-18(2)31(16-26-17)24-15-23(27-19(3)28-24)29-11-13-30(14-12-29)25(32)22-10-6-8-20-7-4-5-9-21(20)22/h4-10,15-16H,11-14H2,1-3H3. The number of aromatic nitrogens is 4. The molecule has 2 aromatic heterocycles. The van der Waals surface area contributed by atoms with E-state index in [0.29, 0.717) is 13.1 Å². The lowest BCUT2D eigenvalue weighted by Gasteiger charge is -2.35. The summed E-state index contributed by atoms with van der Waals surface area (Å²) in [5.41, 5.74) is 2.82. The number of aryl methyl sites for hydroxylation is 2. The number of benzene rings is 2. The molecule has 1 aliphatic heterocycles. The summed E-state index contributed by atoms with van der Waals surface area (Å²) in [6, 6.07) is 16.0. The zero-order valence-electron chi connectivity index (χ0n) is 18.6. The molecular weight excluding hydrogens is 400 g/mol. The summed E-state index contributed by atoms with van der Waals surface area (Å²) in [5, 5.41) is 2.09. The highest BCUT2D eigenvalue weighted by molar-refractivity contribution is 6.07. The van der Waals surface area contributed by atoms with E-state index in [-0.39, 0.29) is 5.91 Å².